The molecule has 2 aromatic rings. The molecular formula is C12H12BrFN2O2. The second kappa shape index (κ2) is 4.68. The Balaban J connectivity index is 2.63. The average molecular weight is 315 g/mol. The lowest BCUT2D eigenvalue weighted by atomic mass is 10.2. The van der Waals surface area contributed by atoms with Gasteiger partial charge in [-0.25, -0.2) is 9.37 Å². The van der Waals surface area contributed by atoms with Gasteiger partial charge in [-0.1, -0.05) is 15.9 Å². The van der Waals surface area contributed by atoms with Crippen molar-refractivity contribution in [3.63, 3.8) is 0 Å². The zero-order valence-electron chi connectivity index (χ0n) is 9.94. The fraction of sp³-hybridized carbons (Fsp3) is 0.333. The largest absolute Gasteiger partial charge is 0.481 e. The highest BCUT2D eigenvalue weighted by Crippen LogP contribution is 2.27. The number of aryl methyl sites for hydroxylation is 1. The molecule has 1 aromatic carbocycles. The summed E-state index contributed by atoms with van der Waals surface area (Å²) in [7, 11) is 0. The number of rotatable bonds is 3. The lowest BCUT2D eigenvalue weighted by Gasteiger charge is -2.14. The minimum atomic E-state index is -0.890. The number of hydrogen-bond acceptors (Lipinski definition) is 2. The molecule has 2 rings (SSSR count). The molecule has 0 saturated heterocycles. The van der Waals surface area contributed by atoms with Gasteiger partial charge in [-0.3, -0.25) is 4.79 Å². The van der Waals surface area contributed by atoms with E-state index in [1.165, 1.54) is 6.07 Å². The quantitative estimate of drug-likeness (QED) is 0.945. The third kappa shape index (κ3) is 2.25. The summed E-state index contributed by atoms with van der Waals surface area (Å²) in [6, 6.07) is 2.82. The van der Waals surface area contributed by atoms with Crippen LogP contribution in [0.15, 0.2) is 16.6 Å². The molecule has 0 aliphatic heterocycles. The normalized spacial score (nSPS) is 12.9. The lowest BCUT2D eigenvalue weighted by molar-refractivity contribution is -0.137. The molecular weight excluding hydrogens is 303 g/mol. The van der Waals surface area contributed by atoms with E-state index in [2.05, 4.69) is 20.9 Å². The van der Waals surface area contributed by atoms with Crippen molar-refractivity contribution in [2.75, 3.05) is 0 Å². The van der Waals surface area contributed by atoms with E-state index in [0.29, 0.717) is 15.8 Å². The molecule has 0 fully saturated rings. The first-order chi connectivity index (χ1) is 8.40. The lowest BCUT2D eigenvalue weighted by Crippen LogP contribution is -2.11. The maximum absolute atomic E-state index is 13.7. The maximum atomic E-state index is 13.7. The Labute approximate surface area is 112 Å². The number of aliphatic carboxylic acids is 1. The number of fused-ring (bicyclic) bond motifs is 1. The minimum Gasteiger partial charge on any atom is -0.481 e. The summed E-state index contributed by atoms with van der Waals surface area (Å²) in [4.78, 5) is 14.9. The number of nitrogens with zero attached hydrogens (tertiary/aromatic N) is 2. The van der Waals surface area contributed by atoms with Gasteiger partial charge in [0.1, 0.15) is 11.3 Å². The third-order valence-corrected chi connectivity index (χ3v) is 3.26. The predicted molar refractivity (Wildman–Crippen MR) is 69.1 cm³/mol. The number of carbonyl (C=O) groups is 1. The van der Waals surface area contributed by atoms with E-state index in [-0.39, 0.29) is 18.0 Å². The molecule has 18 heavy (non-hydrogen) atoms. The van der Waals surface area contributed by atoms with E-state index < -0.39 is 11.8 Å². The van der Waals surface area contributed by atoms with Crippen LogP contribution >= 0.6 is 15.9 Å². The monoisotopic (exact) mass is 314 g/mol. The Morgan fingerprint density at radius 1 is 1.61 bits per heavy atom. The van der Waals surface area contributed by atoms with Gasteiger partial charge in [-0.15, -0.1) is 0 Å². The van der Waals surface area contributed by atoms with E-state index >= 15 is 0 Å². The van der Waals surface area contributed by atoms with Crippen LogP contribution in [0, 0.1) is 12.7 Å². The summed E-state index contributed by atoms with van der Waals surface area (Å²) in [5.41, 5.74) is 0.876. The zero-order chi connectivity index (χ0) is 13.4. The molecule has 1 N–H and O–H groups in total. The van der Waals surface area contributed by atoms with Crippen LogP contribution in [0.2, 0.25) is 0 Å². The maximum Gasteiger partial charge on any atom is 0.305 e. The van der Waals surface area contributed by atoms with Crippen molar-refractivity contribution >= 4 is 32.9 Å². The fourth-order valence-corrected chi connectivity index (χ4v) is 2.55. The molecule has 4 nitrogen and oxygen atoms in total. The number of halogens is 2. The molecule has 96 valence electrons. The van der Waals surface area contributed by atoms with Gasteiger partial charge in [-0.05, 0) is 26.0 Å². The Hall–Kier alpha value is -1.43. The van der Waals surface area contributed by atoms with Crippen molar-refractivity contribution in [3.05, 3.63) is 28.2 Å². The van der Waals surface area contributed by atoms with Crippen LogP contribution in [0.5, 0.6) is 0 Å². The number of benzene rings is 1. The van der Waals surface area contributed by atoms with Crippen LogP contribution in [-0.2, 0) is 4.79 Å². The van der Waals surface area contributed by atoms with Crippen LogP contribution in [0.25, 0.3) is 11.0 Å². The molecule has 1 aromatic heterocycles. The smallest absolute Gasteiger partial charge is 0.305 e. The van der Waals surface area contributed by atoms with Gasteiger partial charge < -0.3 is 9.67 Å². The summed E-state index contributed by atoms with van der Waals surface area (Å²) in [5, 5.41) is 8.84. The fourth-order valence-electron chi connectivity index (χ4n) is 2.14. The van der Waals surface area contributed by atoms with Gasteiger partial charge in [0.05, 0.1) is 11.9 Å². The molecule has 0 bridgehead atoms. The molecule has 0 saturated carbocycles. The molecule has 1 atom stereocenters. The second-order valence-corrected chi connectivity index (χ2v) is 5.15. The van der Waals surface area contributed by atoms with Crippen molar-refractivity contribution in [2.45, 2.75) is 26.3 Å². The zero-order valence-corrected chi connectivity index (χ0v) is 11.5. The minimum absolute atomic E-state index is 0.0273. The first-order valence-electron chi connectivity index (χ1n) is 5.45. The predicted octanol–water partition coefficient (Wildman–Crippen LogP) is 3.28. The van der Waals surface area contributed by atoms with Crippen molar-refractivity contribution in [2.24, 2.45) is 0 Å². The molecule has 0 aliphatic carbocycles. The highest BCUT2D eigenvalue weighted by molar-refractivity contribution is 9.10. The van der Waals surface area contributed by atoms with E-state index in [0.717, 1.165) is 0 Å². The standard InChI is InChI=1S/C12H12BrFN2O2/c1-6(3-11(17)18)16-7(2)15-12-9(14)4-8(13)5-10(12)16/h4-6H,3H2,1-2H3,(H,17,18)/t6-/m1/s1. The van der Waals surface area contributed by atoms with Gasteiger partial charge in [-0.2, -0.15) is 0 Å². The molecule has 6 heteroatoms. The van der Waals surface area contributed by atoms with E-state index in [1.807, 2.05) is 0 Å². The summed E-state index contributed by atoms with van der Waals surface area (Å²) in [5.74, 6) is -0.696. The summed E-state index contributed by atoms with van der Waals surface area (Å²) in [6.07, 6.45) is -0.0273. The number of carboxylic acids is 1. The van der Waals surface area contributed by atoms with E-state index in [9.17, 15) is 9.18 Å². The van der Waals surface area contributed by atoms with Crippen LogP contribution in [-0.4, -0.2) is 20.6 Å². The van der Waals surface area contributed by atoms with E-state index in [1.54, 1.807) is 24.5 Å². The van der Waals surface area contributed by atoms with Crippen LogP contribution < -0.4 is 0 Å². The Kier molecular flexibility index (Phi) is 3.38. The number of aromatic nitrogens is 2. The number of hydrogen-bond donors (Lipinski definition) is 1. The summed E-state index contributed by atoms with van der Waals surface area (Å²) < 4.78 is 16.1. The van der Waals surface area contributed by atoms with Gasteiger partial charge in [0.2, 0.25) is 0 Å². The molecule has 1 heterocycles. The van der Waals surface area contributed by atoms with Crippen molar-refractivity contribution in [3.8, 4) is 0 Å². The second-order valence-electron chi connectivity index (χ2n) is 4.23. The molecule has 0 amide bonds. The third-order valence-electron chi connectivity index (χ3n) is 2.80. The van der Waals surface area contributed by atoms with Crippen LogP contribution in [0.4, 0.5) is 4.39 Å². The Morgan fingerprint density at radius 2 is 2.28 bits per heavy atom. The highest BCUT2D eigenvalue weighted by Gasteiger charge is 2.18. The highest BCUT2D eigenvalue weighted by atomic mass is 79.9. The molecule has 0 unspecified atom stereocenters. The van der Waals surface area contributed by atoms with Gasteiger partial charge >= 0.3 is 5.97 Å². The van der Waals surface area contributed by atoms with Crippen molar-refractivity contribution in [1.82, 2.24) is 9.55 Å². The number of imidazole rings is 1. The SMILES string of the molecule is Cc1nc2c(F)cc(Br)cc2n1[C@H](C)CC(=O)O. The average Bonchev–Trinajstić information content (AvgIpc) is 2.53. The van der Waals surface area contributed by atoms with Crippen molar-refractivity contribution in [1.29, 1.82) is 0 Å². The molecule has 0 aliphatic rings. The van der Waals surface area contributed by atoms with Gasteiger partial charge in [0, 0.05) is 10.5 Å². The topological polar surface area (TPSA) is 55.1 Å². The first kappa shape index (κ1) is 13.0. The Bertz CT molecular complexity index is 624. The van der Waals surface area contributed by atoms with E-state index in [4.69, 9.17) is 5.11 Å². The summed E-state index contributed by atoms with van der Waals surface area (Å²) in [6.45, 7) is 3.52. The first-order valence-corrected chi connectivity index (χ1v) is 6.25. The molecule has 0 spiro atoms. The van der Waals surface area contributed by atoms with Gasteiger partial charge in [0.25, 0.3) is 0 Å². The van der Waals surface area contributed by atoms with Crippen molar-refractivity contribution < 1.29 is 14.3 Å². The summed E-state index contributed by atoms with van der Waals surface area (Å²) >= 11 is 3.23. The number of carboxylic acid groups (broad SMARTS) is 1. The Morgan fingerprint density at radius 3 is 2.89 bits per heavy atom. The molecule has 0 radical (unpaired) electrons. The van der Waals surface area contributed by atoms with Crippen LogP contribution in [0.1, 0.15) is 25.2 Å². The van der Waals surface area contributed by atoms with Crippen LogP contribution in [0.3, 0.4) is 0 Å². The van der Waals surface area contributed by atoms with Gasteiger partial charge in [0.15, 0.2) is 5.82 Å².